The third kappa shape index (κ3) is 3.88. The maximum Gasteiger partial charge on any atom is 0.265 e. The molecule has 0 aliphatic carbocycles. The van der Waals surface area contributed by atoms with Crippen LogP contribution in [0.5, 0.6) is 17.4 Å². The molecule has 9 heteroatoms. The van der Waals surface area contributed by atoms with E-state index in [0.717, 1.165) is 0 Å². The largest absolute Gasteiger partial charge is 0.485 e. The highest BCUT2D eigenvalue weighted by Gasteiger charge is 2.27. The number of hydrogen-bond donors (Lipinski definition) is 1. The molecule has 0 fully saturated rings. The Bertz CT molecular complexity index is 957. The van der Waals surface area contributed by atoms with Crippen molar-refractivity contribution in [1.29, 1.82) is 0 Å². The van der Waals surface area contributed by atoms with Crippen LogP contribution < -0.4 is 19.5 Å². The first-order valence-electron chi connectivity index (χ1n) is 8.81. The molecule has 9 nitrogen and oxygen atoms in total. The van der Waals surface area contributed by atoms with Crippen molar-refractivity contribution in [3.05, 3.63) is 48.5 Å². The lowest BCUT2D eigenvalue weighted by atomic mass is 10.2. The van der Waals surface area contributed by atoms with Crippen LogP contribution >= 0.6 is 0 Å². The predicted octanol–water partition coefficient (Wildman–Crippen LogP) is 1.99. The van der Waals surface area contributed by atoms with E-state index in [4.69, 9.17) is 18.7 Å². The third-order valence-electron chi connectivity index (χ3n) is 3.97. The van der Waals surface area contributed by atoms with Crippen LogP contribution in [0.3, 0.4) is 0 Å². The topological polar surface area (TPSA) is 109 Å². The zero-order chi connectivity index (χ0) is 19.3. The van der Waals surface area contributed by atoms with Gasteiger partial charge in [-0.2, -0.15) is 4.98 Å². The molecular formula is C19H18N4O5. The Morgan fingerprint density at radius 2 is 2.11 bits per heavy atom. The second-order valence-corrected chi connectivity index (χ2v) is 5.91. The quantitative estimate of drug-likeness (QED) is 0.689. The number of ether oxygens (including phenoxy) is 3. The maximum atomic E-state index is 12.3. The zero-order valence-corrected chi connectivity index (χ0v) is 15.1. The van der Waals surface area contributed by atoms with E-state index < -0.39 is 6.10 Å². The summed E-state index contributed by atoms with van der Waals surface area (Å²) in [7, 11) is 0. The molecule has 0 unspecified atom stereocenters. The Morgan fingerprint density at radius 3 is 2.89 bits per heavy atom. The first-order chi connectivity index (χ1) is 13.7. The Labute approximate surface area is 160 Å². The van der Waals surface area contributed by atoms with Gasteiger partial charge in [-0.25, -0.2) is 4.98 Å². The van der Waals surface area contributed by atoms with Crippen molar-refractivity contribution in [1.82, 2.24) is 20.4 Å². The van der Waals surface area contributed by atoms with Crippen molar-refractivity contribution in [2.45, 2.75) is 19.6 Å². The summed E-state index contributed by atoms with van der Waals surface area (Å²) in [6.45, 7) is 2.64. The number of amides is 1. The molecule has 0 radical (unpaired) electrons. The van der Waals surface area contributed by atoms with E-state index in [9.17, 15) is 4.79 Å². The molecule has 1 amide bonds. The fourth-order valence-corrected chi connectivity index (χ4v) is 2.62. The third-order valence-corrected chi connectivity index (χ3v) is 3.97. The highest BCUT2D eigenvalue weighted by Crippen LogP contribution is 2.30. The lowest BCUT2D eigenvalue weighted by Gasteiger charge is -2.25. The molecule has 0 spiro atoms. The molecule has 28 heavy (non-hydrogen) atoms. The first-order valence-corrected chi connectivity index (χ1v) is 8.81. The van der Waals surface area contributed by atoms with Gasteiger partial charge in [0.25, 0.3) is 5.91 Å². The summed E-state index contributed by atoms with van der Waals surface area (Å²) in [5, 5.41) is 6.62. The van der Waals surface area contributed by atoms with Crippen LogP contribution in [0.4, 0.5) is 0 Å². The number of carbonyl (C=O) groups excluding carboxylic acids is 1. The molecule has 0 saturated carbocycles. The van der Waals surface area contributed by atoms with E-state index >= 15 is 0 Å². The molecule has 3 aromatic rings. The van der Waals surface area contributed by atoms with Crippen molar-refractivity contribution >= 4 is 5.91 Å². The molecule has 1 aliphatic heterocycles. The van der Waals surface area contributed by atoms with Crippen molar-refractivity contribution in [3.63, 3.8) is 0 Å². The number of para-hydroxylation sites is 2. The average molecular weight is 382 g/mol. The van der Waals surface area contributed by atoms with E-state index in [1.807, 2.05) is 19.1 Å². The molecule has 0 saturated heterocycles. The van der Waals surface area contributed by atoms with Crippen molar-refractivity contribution < 1.29 is 23.5 Å². The number of nitrogens with zero attached hydrogens (tertiary/aromatic N) is 3. The fourth-order valence-electron chi connectivity index (χ4n) is 2.62. The van der Waals surface area contributed by atoms with Crippen LogP contribution in [0.15, 0.2) is 47.1 Å². The second kappa shape index (κ2) is 7.95. The normalized spacial score (nSPS) is 15.1. The SMILES string of the molecule is CCOc1ccc(-c2noc(CNC(=O)[C@@H]3COc4ccccc4O3)n2)cn1. The number of fused-ring (bicyclic) bond motifs is 1. The Kier molecular flexibility index (Phi) is 5.05. The molecule has 1 aromatic carbocycles. The number of hydrogen-bond acceptors (Lipinski definition) is 8. The number of rotatable bonds is 6. The number of nitrogens with one attached hydrogen (secondary N) is 1. The number of aromatic nitrogens is 3. The second-order valence-electron chi connectivity index (χ2n) is 5.91. The monoisotopic (exact) mass is 382 g/mol. The fraction of sp³-hybridized carbons (Fsp3) is 0.263. The van der Waals surface area contributed by atoms with Crippen LogP contribution in [0.2, 0.25) is 0 Å². The van der Waals surface area contributed by atoms with Gasteiger partial charge in [-0.15, -0.1) is 0 Å². The smallest absolute Gasteiger partial charge is 0.265 e. The van der Waals surface area contributed by atoms with Gasteiger partial charge in [-0.1, -0.05) is 17.3 Å². The Hall–Kier alpha value is -3.62. The highest BCUT2D eigenvalue weighted by molar-refractivity contribution is 5.81. The van der Waals surface area contributed by atoms with Gasteiger partial charge in [0.05, 0.1) is 13.2 Å². The van der Waals surface area contributed by atoms with Crippen molar-refractivity contribution in [2.24, 2.45) is 0 Å². The van der Waals surface area contributed by atoms with Gasteiger partial charge in [-0.05, 0) is 25.1 Å². The van der Waals surface area contributed by atoms with E-state index in [2.05, 4.69) is 20.4 Å². The molecule has 2 aromatic heterocycles. The summed E-state index contributed by atoms with van der Waals surface area (Å²) in [5.74, 6) is 2.02. The van der Waals surface area contributed by atoms with E-state index in [1.54, 1.807) is 30.5 Å². The van der Waals surface area contributed by atoms with Crippen LogP contribution in [0.25, 0.3) is 11.4 Å². The summed E-state index contributed by atoms with van der Waals surface area (Å²) in [5.41, 5.74) is 0.686. The number of benzene rings is 1. The van der Waals surface area contributed by atoms with Crippen LogP contribution in [-0.2, 0) is 11.3 Å². The Balaban J connectivity index is 1.34. The van der Waals surface area contributed by atoms with E-state index in [1.165, 1.54) is 0 Å². The lowest BCUT2D eigenvalue weighted by molar-refractivity contribution is -0.130. The summed E-state index contributed by atoms with van der Waals surface area (Å²) in [6.07, 6.45) is 0.857. The van der Waals surface area contributed by atoms with Gasteiger partial charge in [0.2, 0.25) is 23.7 Å². The molecule has 1 aliphatic rings. The molecular weight excluding hydrogens is 364 g/mol. The maximum absolute atomic E-state index is 12.3. The van der Waals surface area contributed by atoms with Gasteiger partial charge < -0.3 is 24.1 Å². The van der Waals surface area contributed by atoms with Gasteiger partial charge >= 0.3 is 0 Å². The molecule has 144 valence electrons. The molecule has 0 bridgehead atoms. The highest BCUT2D eigenvalue weighted by atomic mass is 16.6. The van der Waals surface area contributed by atoms with Gasteiger partial charge in [0.1, 0.15) is 6.61 Å². The van der Waals surface area contributed by atoms with Gasteiger partial charge in [0.15, 0.2) is 11.5 Å². The minimum Gasteiger partial charge on any atom is -0.485 e. The summed E-state index contributed by atoms with van der Waals surface area (Å²) >= 11 is 0. The molecule has 4 rings (SSSR count). The van der Waals surface area contributed by atoms with Crippen LogP contribution in [0, 0.1) is 0 Å². The predicted molar refractivity (Wildman–Crippen MR) is 96.9 cm³/mol. The van der Waals surface area contributed by atoms with Gasteiger partial charge in [-0.3, -0.25) is 4.79 Å². The minimum atomic E-state index is -0.743. The standard InChI is InChI=1S/C19H18N4O5/c1-2-25-16-8-7-12(9-20-16)18-22-17(28-23-18)10-21-19(24)15-11-26-13-5-3-4-6-14(13)27-15/h3-9,15H,2,10-11H2,1H3,(H,21,24)/t15-/m0/s1. The zero-order valence-electron chi connectivity index (χ0n) is 15.1. The molecule has 1 atom stereocenters. The summed E-state index contributed by atoms with van der Waals surface area (Å²) in [6, 6.07) is 10.7. The molecule has 1 N–H and O–H groups in total. The summed E-state index contributed by atoms with van der Waals surface area (Å²) in [4.78, 5) is 20.8. The summed E-state index contributed by atoms with van der Waals surface area (Å²) < 4.78 is 21.7. The van der Waals surface area contributed by atoms with Crippen LogP contribution in [0.1, 0.15) is 12.8 Å². The number of carbonyl (C=O) groups is 1. The average Bonchev–Trinajstić information content (AvgIpc) is 3.21. The van der Waals surface area contributed by atoms with E-state index in [-0.39, 0.29) is 24.9 Å². The van der Waals surface area contributed by atoms with Crippen LogP contribution in [-0.4, -0.2) is 40.3 Å². The van der Waals surface area contributed by atoms with Crippen molar-refractivity contribution in [3.8, 4) is 28.8 Å². The van der Waals surface area contributed by atoms with E-state index in [0.29, 0.717) is 35.4 Å². The molecule has 3 heterocycles. The first kappa shape index (κ1) is 17.8. The van der Waals surface area contributed by atoms with Crippen molar-refractivity contribution in [2.75, 3.05) is 13.2 Å². The number of pyridine rings is 1. The lowest BCUT2D eigenvalue weighted by Crippen LogP contribution is -2.43. The Morgan fingerprint density at radius 1 is 1.25 bits per heavy atom. The minimum absolute atomic E-state index is 0.0811. The van der Waals surface area contributed by atoms with Gasteiger partial charge in [0, 0.05) is 17.8 Å².